The standard InChI is InChI=1S/C16H24N2O2/c1-13-5-3-6-14(2)15(13)16(20)18-8-4-7-17(9-10-18)11-12-19/h3,5-6,19H,4,7-12H2,1-2H3. The number of nitrogens with zero attached hydrogens (tertiary/aromatic N) is 2. The number of carbonyl (C=O) groups is 1. The summed E-state index contributed by atoms with van der Waals surface area (Å²) in [5, 5.41) is 9.01. The van der Waals surface area contributed by atoms with E-state index in [-0.39, 0.29) is 12.5 Å². The fourth-order valence-corrected chi connectivity index (χ4v) is 2.85. The molecule has 1 aliphatic rings. The Bertz CT molecular complexity index is 453. The molecule has 0 aliphatic carbocycles. The normalized spacial score (nSPS) is 17.1. The third-order valence-corrected chi connectivity index (χ3v) is 3.99. The van der Waals surface area contributed by atoms with Gasteiger partial charge in [-0.2, -0.15) is 0 Å². The van der Waals surface area contributed by atoms with Crippen molar-refractivity contribution < 1.29 is 9.90 Å². The summed E-state index contributed by atoms with van der Waals surface area (Å²) in [5.74, 6) is 0.145. The van der Waals surface area contributed by atoms with Crippen molar-refractivity contribution in [3.8, 4) is 0 Å². The summed E-state index contributed by atoms with van der Waals surface area (Å²) in [4.78, 5) is 16.9. The molecule has 0 unspecified atom stereocenters. The van der Waals surface area contributed by atoms with E-state index in [0.29, 0.717) is 6.54 Å². The van der Waals surface area contributed by atoms with E-state index in [2.05, 4.69) is 4.90 Å². The van der Waals surface area contributed by atoms with Crippen molar-refractivity contribution in [2.75, 3.05) is 39.3 Å². The first-order valence-corrected chi connectivity index (χ1v) is 7.32. The Balaban J connectivity index is 2.10. The highest BCUT2D eigenvalue weighted by Crippen LogP contribution is 2.17. The van der Waals surface area contributed by atoms with E-state index in [1.165, 1.54) is 0 Å². The molecule has 0 aromatic heterocycles. The van der Waals surface area contributed by atoms with Crippen molar-refractivity contribution in [3.05, 3.63) is 34.9 Å². The fourth-order valence-electron chi connectivity index (χ4n) is 2.85. The average molecular weight is 276 g/mol. The van der Waals surface area contributed by atoms with E-state index in [0.717, 1.165) is 49.3 Å². The van der Waals surface area contributed by atoms with Crippen molar-refractivity contribution in [2.45, 2.75) is 20.3 Å². The van der Waals surface area contributed by atoms with Gasteiger partial charge in [0.2, 0.25) is 0 Å². The van der Waals surface area contributed by atoms with Crippen LogP contribution in [0.5, 0.6) is 0 Å². The van der Waals surface area contributed by atoms with Crippen LogP contribution in [0, 0.1) is 13.8 Å². The molecule has 1 fully saturated rings. The summed E-state index contributed by atoms with van der Waals surface area (Å²) in [6.45, 7) is 8.22. The topological polar surface area (TPSA) is 43.8 Å². The van der Waals surface area contributed by atoms with Crippen LogP contribution < -0.4 is 0 Å². The molecule has 110 valence electrons. The number of aliphatic hydroxyl groups is 1. The second-order valence-electron chi connectivity index (χ2n) is 5.48. The van der Waals surface area contributed by atoms with Crippen LogP contribution in [0.15, 0.2) is 18.2 Å². The van der Waals surface area contributed by atoms with Gasteiger partial charge in [0.15, 0.2) is 0 Å². The van der Waals surface area contributed by atoms with Crippen LogP contribution in [0.25, 0.3) is 0 Å². The van der Waals surface area contributed by atoms with E-state index >= 15 is 0 Å². The summed E-state index contributed by atoms with van der Waals surface area (Å²) in [7, 11) is 0. The van der Waals surface area contributed by atoms with Gasteiger partial charge < -0.3 is 10.0 Å². The van der Waals surface area contributed by atoms with Crippen LogP contribution in [0.3, 0.4) is 0 Å². The summed E-state index contributed by atoms with van der Waals surface area (Å²) < 4.78 is 0. The molecular formula is C16H24N2O2. The van der Waals surface area contributed by atoms with Crippen molar-refractivity contribution in [1.82, 2.24) is 9.80 Å². The minimum absolute atomic E-state index is 0.145. The van der Waals surface area contributed by atoms with Gasteiger partial charge >= 0.3 is 0 Å². The fraction of sp³-hybridized carbons (Fsp3) is 0.562. The second-order valence-corrected chi connectivity index (χ2v) is 5.48. The Morgan fingerprint density at radius 1 is 1.15 bits per heavy atom. The van der Waals surface area contributed by atoms with Gasteiger partial charge in [0, 0.05) is 31.7 Å². The smallest absolute Gasteiger partial charge is 0.254 e. The zero-order valence-electron chi connectivity index (χ0n) is 12.4. The van der Waals surface area contributed by atoms with Crippen LogP contribution in [0.4, 0.5) is 0 Å². The molecule has 1 aliphatic heterocycles. The zero-order valence-corrected chi connectivity index (χ0v) is 12.4. The first kappa shape index (κ1) is 15.0. The van der Waals surface area contributed by atoms with E-state index in [1.807, 2.05) is 36.9 Å². The summed E-state index contributed by atoms with van der Waals surface area (Å²) in [6, 6.07) is 5.99. The van der Waals surface area contributed by atoms with E-state index in [1.54, 1.807) is 0 Å². The summed E-state index contributed by atoms with van der Waals surface area (Å²) >= 11 is 0. The molecule has 1 N–H and O–H groups in total. The van der Waals surface area contributed by atoms with Gasteiger partial charge in [-0.25, -0.2) is 0 Å². The second kappa shape index (κ2) is 6.86. The van der Waals surface area contributed by atoms with E-state index in [9.17, 15) is 4.79 Å². The minimum Gasteiger partial charge on any atom is -0.395 e. The molecule has 4 heteroatoms. The number of benzene rings is 1. The predicted molar refractivity (Wildman–Crippen MR) is 80.0 cm³/mol. The molecule has 0 bridgehead atoms. The van der Waals surface area contributed by atoms with Crippen LogP contribution in [0.1, 0.15) is 27.9 Å². The molecule has 20 heavy (non-hydrogen) atoms. The van der Waals surface area contributed by atoms with Gasteiger partial charge in [-0.3, -0.25) is 9.69 Å². The first-order chi connectivity index (χ1) is 9.63. The van der Waals surface area contributed by atoms with Gasteiger partial charge in [0.05, 0.1) is 6.61 Å². The predicted octanol–water partition coefficient (Wildman–Crippen LogP) is 1.44. The van der Waals surface area contributed by atoms with Crippen molar-refractivity contribution in [2.24, 2.45) is 0 Å². The van der Waals surface area contributed by atoms with Crippen LogP contribution in [0.2, 0.25) is 0 Å². The van der Waals surface area contributed by atoms with Crippen molar-refractivity contribution >= 4 is 5.91 Å². The highest BCUT2D eigenvalue weighted by Gasteiger charge is 2.22. The Morgan fingerprint density at radius 3 is 2.50 bits per heavy atom. The third kappa shape index (κ3) is 3.38. The van der Waals surface area contributed by atoms with Crippen LogP contribution in [-0.4, -0.2) is 60.1 Å². The maximum atomic E-state index is 12.7. The average Bonchev–Trinajstić information content (AvgIpc) is 2.64. The lowest BCUT2D eigenvalue weighted by Crippen LogP contribution is -2.36. The van der Waals surface area contributed by atoms with Gasteiger partial charge in [-0.1, -0.05) is 18.2 Å². The van der Waals surface area contributed by atoms with Crippen molar-refractivity contribution in [1.29, 1.82) is 0 Å². The van der Waals surface area contributed by atoms with E-state index < -0.39 is 0 Å². The molecule has 0 atom stereocenters. The monoisotopic (exact) mass is 276 g/mol. The zero-order chi connectivity index (χ0) is 14.5. The lowest BCUT2D eigenvalue weighted by molar-refractivity contribution is 0.0759. The highest BCUT2D eigenvalue weighted by molar-refractivity contribution is 5.97. The highest BCUT2D eigenvalue weighted by atomic mass is 16.3. The molecule has 1 heterocycles. The number of aliphatic hydroxyl groups excluding tert-OH is 1. The molecule has 1 amide bonds. The Kier molecular flexibility index (Phi) is 5.15. The molecule has 1 aromatic carbocycles. The Hall–Kier alpha value is -1.39. The molecule has 0 saturated carbocycles. The number of hydrogen-bond acceptors (Lipinski definition) is 3. The molecule has 0 spiro atoms. The number of rotatable bonds is 3. The number of hydrogen-bond donors (Lipinski definition) is 1. The minimum atomic E-state index is 0.145. The Labute approximate surface area is 121 Å². The number of aryl methyl sites for hydroxylation is 2. The summed E-state index contributed by atoms with van der Waals surface area (Å²) in [6.07, 6.45) is 0.969. The maximum absolute atomic E-state index is 12.7. The van der Waals surface area contributed by atoms with Gasteiger partial charge in [0.25, 0.3) is 5.91 Å². The lowest BCUT2D eigenvalue weighted by atomic mass is 10.0. The SMILES string of the molecule is Cc1cccc(C)c1C(=O)N1CCCN(CCO)CC1. The quantitative estimate of drug-likeness (QED) is 0.908. The molecule has 0 radical (unpaired) electrons. The molecule has 4 nitrogen and oxygen atoms in total. The molecule has 1 saturated heterocycles. The van der Waals surface area contributed by atoms with Gasteiger partial charge in [-0.15, -0.1) is 0 Å². The lowest BCUT2D eigenvalue weighted by Gasteiger charge is -2.23. The van der Waals surface area contributed by atoms with Crippen LogP contribution in [-0.2, 0) is 0 Å². The summed E-state index contributed by atoms with van der Waals surface area (Å²) in [5.41, 5.74) is 2.95. The number of amides is 1. The third-order valence-electron chi connectivity index (χ3n) is 3.99. The molecule has 1 aromatic rings. The molecule has 2 rings (SSSR count). The molecular weight excluding hydrogens is 252 g/mol. The number of carbonyl (C=O) groups excluding carboxylic acids is 1. The van der Waals surface area contributed by atoms with Crippen LogP contribution >= 0.6 is 0 Å². The maximum Gasteiger partial charge on any atom is 0.254 e. The van der Waals surface area contributed by atoms with Gasteiger partial charge in [-0.05, 0) is 37.9 Å². The largest absolute Gasteiger partial charge is 0.395 e. The first-order valence-electron chi connectivity index (χ1n) is 7.32. The van der Waals surface area contributed by atoms with Crippen molar-refractivity contribution in [3.63, 3.8) is 0 Å². The van der Waals surface area contributed by atoms with Gasteiger partial charge in [0.1, 0.15) is 0 Å². The van der Waals surface area contributed by atoms with E-state index in [4.69, 9.17) is 5.11 Å². The number of β-amino-alcohol motifs (C(OH)–C–C–N with tert-alkyl or cyclic N) is 1. The Morgan fingerprint density at radius 2 is 1.85 bits per heavy atom.